The fourth-order valence-corrected chi connectivity index (χ4v) is 0.795. The van der Waals surface area contributed by atoms with Crippen molar-refractivity contribution in [3.05, 3.63) is 12.2 Å². The predicted octanol–water partition coefficient (Wildman–Crippen LogP) is -0.0424. The number of nitrogens with one attached hydrogen (secondary N) is 1. The van der Waals surface area contributed by atoms with Gasteiger partial charge in [0.15, 0.2) is 0 Å². The summed E-state index contributed by atoms with van der Waals surface area (Å²) in [7, 11) is 0. The molecule has 0 aliphatic carbocycles. The number of hydrazine groups is 1. The van der Waals surface area contributed by atoms with E-state index in [1.165, 1.54) is 5.01 Å². The lowest BCUT2D eigenvalue weighted by molar-refractivity contribution is -0.134. The van der Waals surface area contributed by atoms with Gasteiger partial charge in [0.2, 0.25) is 5.96 Å². The number of carbonyl (C=O) groups is 2. The molecule has 0 amide bonds. The van der Waals surface area contributed by atoms with E-state index in [1.54, 1.807) is 0 Å². The lowest BCUT2D eigenvalue weighted by Crippen LogP contribution is -2.42. The van der Waals surface area contributed by atoms with Crippen LogP contribution in [-0.2, 0) is 9.59 Å². The summed E-state index contributed by atoms with van der Waals surface area (Å²) in [6, 6.07) is 0. The number of hydrogen-bond acceptors (Lipinski definition) is 4. The highest BCUT2D eigenvalue weighted by molar-refractivity contribution is 5.89. The minimum absolute atomic E-state index is 0.0592. The molecule has 0 unspecified atom stereocenters. The van der Waals surface area contributed by atoms with Crippen LogP contribution in [0.15, 0.2) is 12.2 Å². The van der Waals surface area contributed by atoms with Crippen LogP contribution in [0.1, 0.15) is 26.2 Å². The van der Waals surface area contributed by atoms with Crippen LogP contribution < -0.4 is 11.6 Å². The summed E-state index contributed by atoms with van der Waals surface area (Å²) in [6.07, 6.45) is 4.42. The Balaban J connectivity index is 0. The third kappa shape index (κ3) is 16.3. The maximum Gasteiger partial charge on any atom is 0.328 e. The van der Waals surface area contributed by atoms with Gasteiger partial charge in [0, 0.05) is 18.7 Å². The van der Waals surface area contributed by atoms with Crippen molar-refractivity contribution in [1.29, 1.82) is 5.41 Å². The number of hydrogen-bond donors (Lipinski definition) is 5. The second kappa shape index (κ2) is 11.4. The van der Waals surface area contributed by atoms with Crippen molar-refractivity contribution >= 4 is 17.9 Å². The van der Waals surface area contributed by atoms with Gasteiger partial charge in [0.05, 0.1) is 0 Å². The van der Waals surface area contributed by atoms with E-state index in [0.717, 1.165) is 19.3 Å². The number of aliphatic carboxylic acids is 2. The van der Waals surface area contributed by atoms with Crippen LogP contribution in [0.3, 0.4) is 0 Å². The molecular formula is C10H20N4O4. The zero-order chi connectivity index (χ0) is 14.6. The topological polar surface area (TPSA) is 154 Å². The van der Waals surface area contributed by atoms with Crippen molar-refractivity contribution in [2.75, 3.05) is 6.54 Å². The summed E-state index contributed by atoms with van der Waals surface area (Å²) in [6.45, 7) is 2.80. The van der Waals surface area contributed by atoms with E-state index >= 15 is 0 Å². The lowest BCUT2D eigenvalue weighted by Gasteiger charge is -2.14. The molecule has 104 valence electrons. The molecule has 7 N–H and O–H groups in total. The normalized spacial score (nSPS) is 9.44. The standard InChI is InChI=1S/C6H16N4.C4H4O4/c1-2-3-4-5-10(9)6(7)8;5-3(6)1-2-4(7)8/h2-5,9H2,1H3,(H3,7,8);1-2H,(H,5,6)(H,7,8)/b;2-1-. The molecule has 0 aromatic rings. The SMILES string of the molecule is CCCCCN(N)C(=N)N.O=C(O)/C=C\C(=O)O. The summed E-state index contributed by atoms with van der Waals surface area (Å²) in [4.78, 5) is 19.1. The van der Waals surface area contributed by atoms with Crippen LogP contribution in [0.25, 0.3) is 0 Å². The molecule has 0 aliphatic rings. The summed E-state index contributed by atoms with van der Waals surface area (Å²) in [5, 5.41) is 23.8. The van der Waals surface area contributed by atoms with Gasteiger partial charge in [-0.3, -0.25) is 10.4 Å². The van der Waals surface area contributed by atoms with Gasteiger partial charge in [-0.2, -0.15) is 0 Å². The van der Waals surface area contributed by atoms with Gasteiger partial charge in [0.1, 0.15) is 0 Å². The van der Waals surface area contributed by atoms with E-state index in [1.807, 2.05) is 0 Å². The van der Waals surface area contributed by atoms with Gasteiger partial charge in [-0.05, 0) is 6.42 Å². The Labute approximate surface area is 105 Å². The lowest BCUT2D eigenvalue weighted by atomic mass is 10.2. The van der Waals surface area contributed by atoms with Crippen molar-refractivity contribution in [1.82, 2.24) is 5.01 Å². The monoisotopic (exact) mass is 260 g/mol. The second-order valence-electron chi connectivity index (χ2n) is 3.30. The van der Waals surface area contributed by atoms with Crippen molar-refractivity contribution in [2.24, 2.45) is 11.6 Å². The largest absolute Gasteiger partial charge is 0.478 e. The number of guanidine groups is 1. The zero-order valence-corrected chi connectivity index (χ0v) is 10.3. The number of carboxylic acids is 2. The molecule has 8 heteroatoms. The predicted molar refractivity (Wildman–Crippen MR) is 66.7 cm³/mol. The molecule has 0 spiro atoms. The van der Waals surface area contributed by atoms with E-state index in [9.17, 15) is 9.59 Å². The highest BCUT2D eigenvalue weighted by Gasteiger charge is 1.97. The van der Waals surface area contributed by atoms with Crippen LogP contribution in [0, 0.1) is 5.41 Å². The summed E-state index contributed by atoms with van der Waals surface area (Å²) in [5.41, 5.74) is 5.10. The maximum absolute atomic E-state index is 9.55. The Bertz CT molecular complexity index is 288. The number of nitrogens with two attached hydrogens (primary N) is 2. The summed E-state index contributed by atoms with van der Waals surface area (Å²) >= 11 is 0. The van der Waals surface area contributed by atoms with Crippen molar-refractivity contribution in [2.45, 2.75) is 26.2 Å². The van der Waals surface area contributed by atoms with Gasteiger partial charge in [-0.25, -0.2) is 15.4 Å². The molecule has 0 saturated heterocycles. The van der Waals surface area contributed by atoms with Gasteiger partial charge >= 0.3 is 11.9 Å². The van der Waals surface area contributed by atoms with E-state index in [0.29, 0.717) is 18.7 Å². The molecule has 0 bridgehead atoms. The Morgan fingerprint density at radius 3 is 1.94 bits per heavy atom. The Morgan fingerprint density at radius 1 is 1.22 bits per heavy atom. The van der Waals surface area contributed by atoms with E-state index in [2.05, 4.69) is 6.92 Å². The first-order chi connectivity index (χ1) is 8.31. The Hall–Kier alpha value is -2.09. The minimum Gasteiger partial charge on any atom is -0.478 e. The van der Waals surface area contributed by atoms with Crippen LogP contribution >= 0.6 is 0 Å². The second-order valence-corrected chi connectivity index (χ2v) is 3.30. The Kier molecular flexibility index (Phi) is 11.6. The van der Waals surface area contributed by atoms with Gasteiger partial charge in [-0.15, -0.1) is 0 Å². The van der Waals surface area contributed by atoms with E-state index < -0.39 is 11.9 Å². The fourth-order valence-electron chi connectivity index (χ4n) is 0.795. The van der Waals surface area contributed by atoms with Crippen LogP contribution in [0.2, 0.25) is 0 Å². The summed E-state index contributed by atoms with van der Waals surface area (Å²) in [5.74, 6) is 2.77. The molecule has 0 atom stereocenters. The van der Waals surface area contributed by atoms with Gasteiger partial charge < -0.3 is 15.9 Å². The molecule has 0 aromatic heterocycles. The van der Waals surface area contributed by atoms with Gasteiger partial charge in [-0.1, -0.05) is 19.8 Å². The molecule has 0 rings (SSSR count). The summed E-state index contributed by atoms with van der Waals surface area (Å²) < 4.78 is 0. The molecule has 0 aliphatic heterocycles. The highest BCUT2D eigenvalue weighted by atomic mass is 16.4. The van der Waals surface area contributed by atoms with Crippen LogP contribution in [0.5, 0.6) is 0 Å². The smallest absolute Gasteiger partial charge is 0.328 e. The third-order valence-electron chi connectivity index (χ3n) is 1.68. The van der Waals surface area contributed by atoms with Crippen molar-refractivity contribution in [3.8, 4) is 0 Å². The van der Waals surface area contributed by atoms with Crippen molar-refractivity contribution < 1.29 is 19.8 Å². The minimum atomic E-state index is -1.26. The van der Waals surface area contributed by atoms with Gasteiger partial charge in [0.25, 0.3) is 0 Å². The zero-order valence-electron chi connectivity index (χ0n) is 10.3. The first kappa shape index (κ1) is 18.3. The average Bonchev–Trinajstić information content (AvgIpc) is 2.27. The van der Waals surface area contributed by atoms with E-state index in [4.69, 9.17) is 27.2 Å². The molecule has 0 aromatic carbocycles. The Morgan fingerprint density at radius 2 is 1.67 bits per heavy atom. The number of rotatable bonds is 6. The molecular weight excluding hydrogens is 240 g/mol. The molecule has 0 fully saturated rings. The first-order valence-corrected chi connectivity index (χ1v) is 5.31. The molecule has 0 radical (unpaired) electrons. The number of unbranched alkanes of at least 4 members (excludes halogenated alkanes) is 2. The fraction of sp³-hybridized carbons (Fsp3) is 0.500. The van der Waals surface area contributed by atoms with Crippen molar-refractivity contribution in [3.63, 3.8) is 0 Å². The highest BCUT2D eigenvalue weighted by Crippen LogP contribution is 1.93. The third-order valence-corrected chi connectivity index (χ3v) is 1.68. The quantitative estimate of drug-likeness (QED) is 0.112. The van der Waals surface area contributed by atoms with E-state index in [-0.39, 0.29) is 5.96 Å². The number of nitrogens with zero attached hydrogens (tertiary/aromatic N) is 1. The first-order valence-electron chi connectivity index (χ1n) is 5.31. The average molecular weight is 260 g/mol. The molecule has 8 nitrogen and oxygen atoms in total. The van der Waals surface area contributed by atoms with Crippen LogP contribution in [-0.4, -0.2) is 39.7 Å². The molecule has 0 heterocycles. The number of carboxylic acid groups (broad SMARTS) is 2. The molecule has 18 heavy (non-hydrogen) atoms. The van der Waals surface area contributed by atoms with Crippen LogP contribution in [0.4, 0.5) is 0 Å². The maximum atomic E-state index is 9.55. The molecule has 0 saturated carbocycles.